The van der Waals surface area contributed by atoms with E-state index in [0.29, 0.717) is 17.3 Å². The van der Waals surface area contributed by atoms with Crippen LogP contribution in [0.25, 0.3) is 0 Å². The lowest BCUT2D eigenvalue weighted by Gasteiger charge is -2.22. The Morgan fingerprint density at radius 3 is 2.83 bits per heavy atom. The minimum Gasteiger partial charge on any atom is -0.324 e. The molecule has 6 nitrogen and oxygen atoms in total. The summed E-state index contributed by atoms with van der Waals surface area (Å²) in [4.78, 5) is 26.6. The van der Waals surface area contributed by atoms with Gasteiger partial charge in [-0.1, -0.05) is 6.07 Å². The van der Waals surface area contributed by atoms with Gasteiger partial charge < -0.3 is 10.2 Å². The van der Waals surface area contributed by atoms with E-state index in [1.54, 1.807) is 22.7 Å². The maximum atomic E-state index is 12.6. The Hall–Kier alpha value is -2.28. The molecule has 1 atom stereocenters. The maximum Gasteiger partial charge on any atom is 0.273 e. The minimum atomic E-state index is -0.475. The van der Waals surface area contributed by atoms with Crippen LogP contribution in [-0.4, -0.2) is 44.6 Å². The molecule has 0 radical (unpaired) electrons. The van der Waals surface area contributed by atoms with Gasteiger partial charge in [0.05, 0.1) is 5.88 Å². The van der Waals surface area contributed by atoms with Gasteiger partial charge in [-0.25, -0.2) is 0 Å². The zero-order chi connectivity index (χ0) is 16.4. The second-order valence-corrected chi connectivity index (χ2v) is 6.55. The zero-order valence-electron chi connectivity index (χ0n) is 13.0. The molecule has 23 heavy (non-hydrogen) atoms. The molecule has 1 unspecified atom stereocenters. The molecule has 3 rings (SSSR count). The highest BCUT2D eigenvalue weighted by atomic mass is 32.2. The first-order valence-electron chi connectivity index (χ1n) is 7.32. The third-order valence-electron chi connectivity index (χ3n) is 3.95. The van der Waals surface area contributed by atoms with Crippen LogP contribution in [0.4, 0.5) is 5.69 Å². The topological polar surface area (TPSA) is 78.1 Å². The van der Waals surface area contributed by atoms with Crippen LogP contribution in [0.1, 0.15) is 21.6 Å². The van der Waals surface area contributed by atoms with E-state index in [0.717, 1.165) is 11.3 Å². The van der Waals surface area contributed by atoms with Gasteiger partial charge in [0.1, 0.15) is 11.7 Å². The monoisotopic (exact) mass is 330 g/mol. The van der Waals surface area contributed by atoms with Crippen molar-refractivity contribution in [3.05, 3.63) is 47.3 Å². The van der Waals surface area contributed by atoms with Crippen molar-refractivity contribution in [3.63, 3.8) is 0 Å². The van der Waals surface area contributed by atoms with Gasteiger partial charge in [0, 0.05) is 17.6 Å². The predicted octanol–water partition coefficient (Wildman–Crippen LogP) is 2.18. The van der Waals surface area contributed by atoms with E-state index in [4.69, 9.17) is 0 Å². The molecule has 2 N–H and O–H groups in total. The van der Waals surface area contributed by atoms with Gasteiger partial charge in [-0.15, -0.1) is 11.8 Å². The molecule has 0 spiro atoms. The SMILES string of the molecule is Cc1ccc(NC(=O)C2CSCN2C(=O)c2ccn[nH]2)cc1C. The molecule has 1 saturated heterocycles. The fourth-order valence-corrected chi connectivity index (χ4v) is 3.59. The Morgan fingerprint density at radius 1 is 1.30 bits per heavy atom. The highest BCUT2D eigenvalue weighted by Gasteiger charge is 2.35. The number of nitrogens with zero attached hydrogens (tertiary/aromatic N) is 2. The number of aromatic nitrogens is 2. The third-order valence-corrected chi connectivity index (χ3v) is 4.96. The second-order valence-electron chi connectivity index (χ2n) is 5.55. The number of thioether (sulfide) groups is 1. The van der Waals surface area contributed by atoms with Crippen molar-refractivity contribution in [2.24, 2.45) is 0 Å². The number of amides is 2. The lowest BCUT2D eigenvalue weighted by molar-refractivity contribution is -0.119. The number of anilines is 1. The molecule has 7 heteroatoms. The fourth-order valence-electron chi connectivity index (χ4n) is 2.43. The van der Waals surface area contributed by atoms with E-state index in [2.05, 4.69) is 15.5 Å². The van der Waals surface area contributed by atoms with Crippen LogP contribution in [0, 0.1) is 13.8 Å². The fraction of sp³-hybridized carbons (Fsp3) is 0.312. The molecule has 120 valence electrons. The molecule has 1 aliphatic rings. The molecule has 0 bridgehead atoms. The number of benzene rings is 1. The van der Waals surface area contributed by atoms with Gasteiger partial charge in [0.15, 0.2) is 0 Å². The molecule has 1 aromatic heterocycles. The average molecular weight is 330 g/mol. The summed E-state index contributed by atoms with van der Waals surface area (Å²) in [6, 6.07) is 6.93. The highest BCUT2D eigenvalue weighted by Crippen LogP contribution is 2.24. The summed E-state index contributed by atoms with van der Waals surface area (Å²) in [6.07, 6.45) is 1.53. The summed E-state index contributed by atoms with van der Waals surface area (Å²) in [5.41, 5.74) is 3.45. The average Bonchev–Trinajstić information content (AvgIpc) is 3.21. The van der Waals surface area contributed by atoms with E-state index >= 15 is 0 Å². The lowest BCUT2D eigenvalue weighted by Crippen LogP contribution is -2.44. The summed E-state index contributed by atoms with van der Waals surface area (Å²) in [7, 11) is 0. The Morgan fingerprint density at radius 2 is 2.13 bits per heavy atom. The molecule has 1 fully saturated rings. The molecular weight excluding hydrogens is 312 g/mol. The number of aromatic amines is 1. The largest absolute Gasteiger partial charge is 0.324 e. The molecule has 1 aromatic carbocycles. The van der Waals surface area contributed by atoms with Gasteiger partial charge in [-0.05, 0) is 43.2 Å². The zero-order valence-corrected chi connectivity index (χ0v) is 13.8. The van der Waals surface area contributed by atoms with Gasteiger partial charge in [-0.3, -0.25) is 14.7 Å². The van der Waals surface area contributed by atoms with Gasteiger partial charge in [0.25, 0.3) is 5.91 Å². The van der Waals surface area contributed by atoms with Crippen LogP contribution >= 0.6 is 11.8 Å². The van der Waals surface area contributed by atoms with Gasteiger partial charge in [-0.2, -0.15) is 5.10 Å². The Labute approximate surface area is 138 Å². The summed E-state index contributed by atoms with van der Waals surface area (Å²) in [5.74, 6) is 0.734. The van der Waals surface area contributed by atoms with E-state index in [1.165, 1.54) is 11.8 Å². The predicted molar refractivity (Wildman–Crippen MR) is 90.4 cm³/mol. The molecule has 2 amide bonds. The smallest absolute Gasteiger partial charge is 0.273 e. The standard InChI is InChI=1S/C16H18N4O2S/c1-10-3-4-12(7-11(10)2)18-15(21)14-8-23-9-20(14)16(22)13-5-6-17-19-13/h3-7,14H,8-9H2,1-2H3,(H,17,19)(H,18,21). The summed E-state index contributed by atoms with van der Waals surface area (Å²) >= 11 is 1.57. The van der Waals surface area contributed by atoms with Gasteiger partial charge in [0.2, 0.25) is 5.91 Å². The van der Waals surface area contributed by atoms with Crippen molar-refractivity contribution in [1.29, 1.82) is 0 Å². The van der Waals surface area contributed by atoms with Crippen molar-refractivity contribution in [2.45, 2.75) is 19.9 Å². The van der Waals surface area contributed by atoms with E-state index in [1.807, 2.05) is 32.0 Å². The number of H-pyrrole nitrogens is 1. The number of hydrogen-bond acceptors (Lipinski definition) is 4. The van der Waals surface area contributed by atoms with E-state index < -0.39 is 6.04 Å². The summed E-state index contributed by atoms with van der Waals surface area (Å²) in [6.45, 7) is 4.03. The molecule has 1 aliphatic heterocycles. The number of hydrogen-bond donors (Lipinski definition) is 2. The van der Waals surface area contributed by atoms with E-state index in [-0.39, 0.29) is 11.8 Å². The maximum absolute atomic E-state index is 12.6. The first-order valence-corrected chi connectivity index (χ1v) is 8.48. The van der Waals surface area contributed by atoms with Crippen LogP contribution in [0.3, 0.4) is 0 Å². The lowest BCUT2D eigenvalue weighted by atomic mass is 10.1. The quantitative estimate of drug-likeness (QED) is 0.904. The van der Waals surface area contributed by atoms with Crippen LogP contribution in [-0.2, 0) is 4.79 Å². The van der Waals surface area contributed by atoms with Crippen LogP contribution in [0.5, 0.6) is 0 Å². The Balaban J connectivity index is 1.73. The van der Waals surface area contributed by atoms with Crippen molar-refractivity contribution in [2.75, 3.05) is 16.9 Å². The third kappa shape index (κ3) is 3.24. The van der Waals surface area contributed by atoms with Crippen molar-refractivity contribution >= 4 is 29.3 Å². The summed E-state index contributed by atoms with van der Waals surface area (Å²) in [5, 5.41) is 9.35. The Kier molecular flexibility index (Phi) is 4.38. The molecule has 2 heterocycles. The Bertz CT molecular complexity index is 730. The van der Waals surface area contributed by atoms with Gasteiger partial charge >= 0.3 is 0 Å². The van der Waals surface area contributed by atoms with Crippen molar-refractivity contribution in [3.8, 4) is 0 Å². The summed E-state index contributed by atoms with van der Waals surface area (Å²) < 4.78 is 0. The number of nitrogens with one attached hydrogen (secondary N) is 2. The first kappa shape index (κ1) is 15.6. The molecule has 0 aliphatic carbocycles. The van der Waals surface area contributed by atoms with Crippen LogP contribution in [0.15, 0.2) is 30.5 Å². The number of rotatable bonds is 3. The van der Waals surface area contributed by atoms with Crippen molar-refractivity contribution < 1.29 is 9.59 Å². The van der Waals surface area contributed by atoms with Crippen LogP contribution < -0.4 is 5.32 Å². The van der Waals surface area contributed by atoms with Crippen molar-refractivity contribution in [1.82, 2.24) is 15.1 Å². The first-order chi connectivity index (χ1) is 11.1. The number of aryl methyl sites for hydroxylation is 2. The molecule has 2 aromatic rings. The highest BCUT2D eigenvalue weighted by molar-refractivity contribution is 7.99. The number of carbonyl (C=O) groups excluding carboxylic acids is 2. The normalized spacial score (nSPS) is 17.3. The number of carbonyl (C=O) groups is 2. The molecular formula is C16H18N4O2S. The minimum absolute atomic E-state index is 0.161. The van der Waals surface area contributed by atoms with E-state index in [9.17, 15) is 9.59 Å². The second kappa shape index (κ2) is 6.45. The molecule has 0 saturated carbocycles. The van der Waals surface area contributed by atoms with Crippen LogP contribution in [0.2, 0.25) is 0 Å².